The molecule has 0 aliphatic rings. The number of halogens is 2. The molecule has 2 aromatic rings. The first-order valence-corrected chi connectivity index (χ1v) is 6.28. The van der Waals surface area contributed by atoms with Crippen LogP contribution in [0.25, 0.3) is 10.8 Å². The summed E-state index contributed by atoms with van der Waals surface area (Å²) >= 11 is 3.30. The molecule has 0 amide bonds. The molecule has 0 aliphatic heterocycles. The number of fused-ring (bicyclic) bond motifs is 1. The highest BCUT2D eigenvalue weighted by Gasteiger charge is 2.11. The van der Waals surface area contributed by atoms with Crippen LogP contribution in [0.2, 0.25) is 0 Å². The second-order valence-electron chi connectivity index (χ2n) is 3.09. The Labute approximate surface area is 95.1 Å². The molecular weight excluding hydrogens is 283 g/mol. The van der Waals surface area contributed by atoms with Gasteiger partial charge in [0.15, 0.2) is 0 Å². The van der Waals surface area contributed by atoms with Gasteiger partial charge < -0.3 is 0 Å². The van der Waals surface area contributed by atoms with Crippen molar-refractivity contribution < 1.29 is 12.3 Å². The van der Waals surface area contributed by atoms with Crippen LogP contribution in [0.1, 0.15) is 0 Å². The van der Waals surface area contributed by atoms with Crippen LogP contribution in [0, 0.1) is 0 Å². The third-order valence-corrected chi connectivity index (χ3v) is 3.37. The van der Waals surface area contributed by atoms with Crippen molar-refractivity contribution in [3.8, 4) is 0 Å². The maximum absolute atomic E-state index is 12.7. The first-order chi connectivity index (χ1) is 6.97. The molecule has 0 heterocycles. The SMILES string of the molecule is O=S(=O)(F)c1ccc2cc(Br)ccc2c1. The number of hydrogen-bond donors (Lipinski definition) is 0. The lowest BCUT2D eigenvalue weighted by atomic mass is 10.1. The monoisotopic (exact) mass is 288 g/mol. The fraction of sp³-hybridized carbons (Fsp3) is 0. The fourth-order valence-electron chi connectivity index (χ4n) is 1.35. The van der Waals surface area contributed by atoms with Crippen molar-refractivity contribution in [2.75, 3.05) is 0 Å². The Bertz CT molecular complexity index is 622. The minimum absolute atomic E-state index is 0.308. The molecule has 0 aromatic heterocycles. The van der Waals surface area contributed by atoms with E-state index in [0.29, 0.717) is 5.39 Å². The van der Waals surface area contributed by atoms with E-state index in [2.05, 4.69) is 15.9 Å². The summed E-state index contributed by atoms with van der Waals surface area (Å²) in [5.41, 5.74) is 0. The summed E-state index contributed by atoms with van der Waals surface area (Å²) in [7, 11) is -4.62. The van der Waals surface area contributed by atoms with Gasteiger partial charge in [0.1, 0.15) is 0 Å². The van der Waals surface area contributed by atoms with E-state index in [-0.39, 0.29) is 4.90 Å². The molecule has 0 bridgehead atoms. The molecule has 2 rings (SSSR count). The summed E-state index contributed by atoms with van der Waals surface area (Å²) in [6.45, 7) is 0. The number of rotatable bonds is 1. The predicted octanol–water partition coefficient (Wildman–Crippen LogP) is 3.26. The van der Waals surface area contributed by atoms with Gasteiger partial charge in [-0.3, -0.25) is 0 Å². The first-order valence-electron chi connectivity index (χ1n) is 4.11. The zero-order valence-electron chi connectivity index (χ0n) is 7.44. The van der Waals surface area contributed by atoms with E-state index in [4.69, 9.17) is 0 Å². The Kier molecular flexibility index (Phi) is 2.52. The van der Waals surface area contributed by atoms with Gasteiger partial charge in [0.2, 0.25) is 0 Å². The molecule has 0 spiro atoms. The van der Waals surface area contributed by atoms with Gasteiger partial charge in [-0.1, -0.05) is 28.1 Å². The lowest BCUT2D eigenvalue weighted by Crippen LogP contribution is -1.91. The third-order valence-electron chi connectivity index (χ3n) is 2.06. The van der Waals surface area contributed by atoms with E-state index >= 15 is 0 Å². The van der Waals surface area contributed by atoms with Crippen LogP contribution in [0.4, 0.5) is 3.89 Å². The summed E-state index contributed by atoms with van der Waals surface area (Å²) in [6.07, 6.45) is 0. The third kappa shape index (κ3) is 2.18. The zero-order valence-corrected chi connectivity index (χ0v) is 9.85. The molecule has 0 saturated heterocycles. The molecule has 0 atom stereocenters. The van der Waals surface area contributed by atoms with Crippen LogP contribution in [-0.2, 0) is 10.2 Å². The van der Waals surface area contributed by atoms with Crippen LogP contribution in [0.5, 0.6) is 0 Å². The summed E-state index contributed by atoms with van der Waals surface area (Å²) in [6, 6.07) is 9.49. The van der Waals surface area contributed by atoms with Gasteiger partial charge in [-0.15, -0.1) is 3.89 Å². The van der Waals surface area contributed by atoms with Crippen molar-refractivity contribution >= 4 is 36.9 Å². The minimum atomic E-state index is -4.62. The highest BCUT2D eigenvalue weighted by atomic mass is 79.9. The van der Waals surface area contributed by atoms with Crippen molar-refractivity contribution in [2.45, 2.75) is 4.90 Å². The largest absolute Gasteiger partial charge is 0.332 e. The maximum atomic E-state index is 12.7. The molecule has 0 unspecified atom stereocenters. The van der Waals surface area contributed by atoms with Gasteiger partial charge in [0.05, 0.1) is 4.90 Å². The second kappa shape index (κ2) is 3.57. The van der Waals surface area contributed by atoms with Crippen LogP contribution in [0.3, 0.4) is 0 Å². The van der Waals surface area contributed by atoms with Crippen LogP contribution >= 0.6 is 15.9 Å². The first kappa shape index (κ1) is 10.6. The van der Waals surface area contributed by atoms with Gasteiger partial charge in [0.25, 0.3) is 0 Å². The van der Waals surface area contributed by atoms with Gasteiger partial charge in [-0.2, -0.15) is 8.42 Å². The summed E-state index contributed by atoms with van der Waals surface area (Å²) < 4.78 is 34.9. The average Bonchev–Trinajstić information content (AvgIpc) is 2.15. The molecule has 78 valence electrons. The molecule has 0 N–H and O–H groups in total. The van der Waals surface area contributed by atoms with E-state index in [0.717, 1.165) is 9.86 Å². The maximum Gasteiger partial charge on any atom is 0.332 e. The number of hydrogen-bond acceptors (Lipinski definition) is 2. The van der Waals surface area contributed by atoms with Gasteiger partial charge in [-0.25, -0.2) is 0 Å². The van der Waals surface area contributed by atoms with E-state index in [1.54, 1.807) is 18.2 Å². The van der Waals surface area contributed by atoms with Gasteiger partial charge in [-0.05, 0) is 35.0 Å². The van der Waals surface area contributed by atoms with Crippen molar-refractivity contribution in [3.05, 3.63) is 40.9 Å². The normalized spacial score (nSPS) is 11.9. The lowest BCUT2D eigenvalue weighted by molar-refractivity contribution is 0.552. The molecular formula is C10H6BrFO2S. The van der Waals surface area contributed by atoms with Gasteiger partial charge in [0, 0.05) is 4.47 Å². The van der Waals surface area contributed by atoms with Crippen LogP contribution in [-0.4, -0.2) is 8.42 Å². The topological polar surface area (TPSA) is 34.1 Å². The number of benzene rings is 2. The Morgan fingerprint density at radius 2 is 1.60 bits per heavy atom. The highest BCUT2D eigenvalue weighted by Crippen LogP contribution is 2.23. The lowest BCUT2D eigenvalue weighted by Gasteiger charge is -2.00. The molecule has 0 aliphatic carbocycles. The van der Waals surface area contributed by atoms with Crippen molar-refractivity contribution in [2.24, 2.45) is 0 Å². The van der Waals surface area contributed by atoms with Crippen LogP contribution in [0.15, 0.2) is 45.8 Å². The smallest absolute Gasteiger partial charge is 0.189 e. The molecule has 15 heavy (non-hydrogen) atoms. The molecule has 0 saturated carbocycles. The Hall–Kier alpha value is -0.940. The molecule has 0 radical (unpaired) electrons. The standard InChI is InChI=1S/C10H6BrFO2S/c11-9-3-1-8-6-10(15(12,13)14)4-2-7(8)5-9/h1-6H. The van der Waals surface area contributed by atoms with E-state index < -0.39 is 10.2 Å². The van der Waals surface area contributed by atoms with Crippen molar-refractivity contribution in [1.82, 2.24) is 0 Å². The Balaban J connectivity index is 2.73. The summed E-state index contributed by atoms with van der Waals surface area (Å²) in [4.78, 5) is -0.308. The molecule has 5 heteroatoms. The average molecular weight is 289 g/mol. The van der Waals surface area contributed by atoms with Crippen molar-refractivity contribution in [1.29, 1.82) is 0 Å². The highest BCUT2D eigenvalue weighted by molar-refractivity contribution is 9.10. The fourth-order valence-corrected chi connectivity index (χ4v) is 2.22. The molecule has 2 aromatic carbocycles. The van der Waals surface area contributed by atoms with E-state index in [1.807, 2.05) is 6.07 Å². The molecule has 0 fully saturated rings. The van der Waals surface area contributed by atoms with Gasteiger partial charge >= 0.3 is 10.2 Å². The zero-order chi connectivity index (χ0) is 11.1. The van der Waals surface area contributed by atoms with Crippen LogP contribution < -0.4 is 0 Å². The van der Waals surface area contributed by atoms with Crippen molar-refractivity contribution in [3.63, 3.8) is 0 Å². The van der Waals surface area contributed by atoms with E-state index in [1.165, 1.54) is 12.1 Å². The predicted molar refractivity (Wildman–Crippen MR) is 59.9 cm³/mol. The molecule has 2 nitrogen and oxygen atoms in total. The van der Waals surface area contributed by atoms with E-state index in [9.17, 15) is 12.3 Å². The minimum Gasteiger partial charge on any atom is -0.189 e. The quantitative estimate of drug-likeness (QED) is 0.755. The Morgan fingerprint density at radius 3 is 2.27 bits per heavy atom. The summed E-state index contributed by atoms with van der Waals surface area (Å²) in [5, 5.41) is 1.55. The Morgan fingerprint density at radius 1 is 1.00 bits per heavy atom. The second-order valence-corrected chi connectivity index (χ2v) is 5.35. The summed E-state index contributed by atoms with van der Waals surface area (Å²) in [5.74, 6) is 0.